The van der Waals surface area contributed by atoms with Crippen molar-refractivity contribution >= 4 is 29.9 Å². The quantitative estimate of drug-likeness (QED) is 0.340. The van der Waals surface area contributed by atoms with E-state index in [4.69, 9.17) is 4.74 Å². The topological polar surface area (TPSA) is 61.8 Å². The Balaban J connectivity index is 0.00000300. The second-order valence-electron chi connectivity index (χ2n) is 7.11. The number of likely N-dealkylation sites (tertiary alicyclic amines) is 1. The molecule has 3 rings (SSSR count). The predicted octanol–water partition coefficient (Wildman–Crippen LogP) is 3.52. The van der Waals surface area contributed by atoms with E-state index in [0.29, 0.717) is 12.6 Å². The van der Waals surface area contributed by atoms with Crippen molar-refractivity contribution < 1.29 is 4.74 Å². The van der Waals surface area contributed by atoms with Crippen molar-refractivity contribution in [1.29, 1.82) is 0 Å². The van der Waals surface area contributed by atoms with Crippen LogP contribution in [0.1, 0.15) is 35.8 Å². The van der Waals surface area contributed by atoms with Crippen LogP contribution in [0.25, 0.3) is 0 Å². The van der Waals surface area contributed by atoms with E-state index < -0.39 is 0 Å². The Morgan fingerprint density at radius 2 is 1.86 bits per heavy atom. The number of hydrogen-bond donors (Lipinski definition) is 2. The van der Waals surface area contributed by atoms with Crippen LogP contribution in [0, 0.1) is 6.92 Å². The summed E-state index contributed by atoms with van der Waals surface area (Å²) in [4.78, 5) is 11.5. The lowest BCUT2D eigenvalue weighted by Gasteiger charge is -2.29. The number of aromatic nitrogens is 1. The van der Waals surface area contributed by atoms with E-state index >= 15 is 0 Å². The molecule has 29 heavy (non-hydrogen) atoms. The molecule has 2 heterocycles. The second kappa shape index (κ2) is 12.0. The Hall–Kier alpha value is -1.87. The highest BCUT2D eigenvalue weighted by Crippen LogP contribution is 2.26. The minimum absolute atomic E-state index is 0. The van der Waals surface area contributed by atoms with Crippen LogP contribution in [0.4, 0.5) is 0 Å². The van der Waals surface area contributed by atoms with Crippen LogP contribution in [0.15, 0.2) is 47.5 Å². The molecule has 1 aliphatic rings. The molecular formula is C22H32IN5O. The van der Waals surface area contributed by atoms with Gasteiger partial charge in [0.25, 0.3) is 0 Å². The fraction of sp³-hybridized carbons (Fsp3) is 0.455. The molecule has 1 aromatic heterocycles. The van der Waals surface area contributed by atoms with Gasteiger partial charge in [-0.15, -0.1) is 24.0 Å². The van der Waals surface area contributed by atoms with Crippen molar-refractivity contribution in [3.05, 3.63) is 59.4 Å². The van der Waals surface area contributed by atoms with Crippen LogP contribution in [-0.2, 0) is 6.54 Å². The molecule has 0 radical (unpaired) electrons. The van der Waals surface area contributed by atoms with Crippen LogP contribution in [-0.4, -0.2) is 49.6 Å². The van der Waals surface area contributed by atoms with E-state index in [2.05, 4.69) is 37.6 Å². The zero-order valence-corrected chi connectivity index (χ0v) is 19.8. The maximum absolute atomic E-state index is 5.31. The molecule has 2 aromatic rings. The molecular weight excluding hydrogens is 477 g/mol. The van der Waals surface area contributed by atoms with Crippen LogP contribution in [0.5, 0.6) is 5.75 Å². The lowest BCUT2D eigenvalue weighted by molar-refractivity contribution is 0.245. The molecule has 1 aliphatic heterocycles. The lowest BCUT2D eigenvalue weighted by atomic mass is 10.1. The summed E-state index contributed by atoms with van der Waals surface area (Å²) in [6.07, 6.45) is 2.53. The molecule has 1 aromatic carbocycles. The van der Waals surface area contributed by atoms with Gasteiger partial charge in [-0.2, -0.15) is 0 Å². The van der Waals surface area contributed by atoms with Gasteiger partial charge in [0.05, 0.1) is 25.4 Å². The average Bonchev–Trinajstić information content (AvgIpc) is 3.25. The molecule has 0 bridgehead atoms. The van der Waals surface area contributed by atoms with Crippen LogP contribution < -0.4 is 15.4 Å². The third-order valence-electron chi connectivity index (χ3n) is 5.15. The standard InChI is InChI=1S/C22H31N5O.HI/c1-17-7-6-8-19(26-17)15-24-22(23-2)25-16-21(27-13-4-5-14-27)18-9-11-20(28-3)12-10-18;/h6-12,21H,4-5,13-16H2,1-3H3,(H2,23,24,25);1H. The minimum Gasteiger partial charge on any atom is -0.497 e. The van der Waals surface area contributed by atoms with E-state index in [1.54, 1.807) is 14.2 Å². The second-order valence-corrected chi connectivity index (χ2v) is 7.11. The Kier molecular flexibility index (Phi) is 9.66. The maximum Gasteiger partial charge on any atom is 0.191 e. The molecule has 7 heteroatoms. The fourth-order valence-electron chi connectivity index (χ4n) is 3.62. The van der Waals surface area contributed by atoms with Gasteiger partial charge < -0.3 is 15.4 Å². The monoisotopic (exact) mass is 509 g/mol. The Labute approximate surface area is 191 Å². The number of ether oxygens (including phenoxy) is 1. The zero-order chi connectivity index (χ0) is 19.8. The molecule has 0 aliphatic carbocycles. The molecule has 1 atom stereocenters. The number of guanidine groups is 1. The summed E-state index contributed by atoms with van der Waals surface area (Å²) < 4.78 is 5.31. The van der Waals surface area contributed by atoms with Gasteiger partial charge in [-0.05, 0) is 62.7 Å². The Bertz CT molecular complexity index is 775. The largest absolute Gasteiger partial charge is 0.497 e. The summed E-state index contributed by atoms with van der Waals surface area (Å²) in [6.45, 7) is 5.73. The van der Waals surface area contributed by atoms with Crippen molar-refractivity contribution in [3.63, 3.8) is 0 Å². The third-order valence-corrected chi connectivity index (χ3v) is 5.15. The number of nitrogens with one attached hydrogen (secondary N) is 2. The third kappa shape index (κ3) is 6.85. The van der Waals surface area contributed by atoms with Gasteiger partial charge in [0.15, 0.2) is 5.96 Å². The number of aryl methyl sites for hydroxylation is 1. The summed E-state index contributed by atoms with van der Waals surface area (Å²) in [5.74, 6) is 1.68. The van der Waals surface area contributed by atoms with Crippen LogP contribution in [0.2, 0.25) is 0 Å². The summed E-state index contributed by atoms with van der Waals surface area (Å²) in [5.41, 5.74) is 3.33. The summed E-state index contributed by atoms with van der Waals surface area (Å²) >= 11 is 0. The lowest BCUT2D eigenvalue weighted by Crippen LogP contribution is -2.42. The number of aliphatic imine (C=N–C) groups is 1. The van der Waals surface area contributed by atoms with E-state index in [1.165, 1.54) is 18.4 Å². The number of benzene rings is 1. The molecule has 1 fully saturated rings. The summed E-state index contributed by atoms with van der Waals surface area (Å²) in [6, 6.07) is 14.8. The normalized spacial score (nSPS) is 15.5. The first-order valence-electron chi connectivity index (χ1n) is 9.94. The first-order valence-corrected chi connectivity index (χ1v) is 9.94. The number of hydrogen-bond acceptors (Lipinski definition) is 4. The van der Waals surface area contributed by atoms with E-state index in [0.717, 1.165) is 42.7 Å². The zero-order valence-electron chi connectivity index (χ0n) is 17.5. The number of pyridine rings is 1. The molecule has 1 saturated heterocycles. The van der Waals surface area contributed by atoms with Gasteiger partial charge in [-0.3, -0.25) is 14.9 Å². The van der Waals surface area contributed by atoms with Crippen molar-refractivity contribution in [1.82, 2.24) is 20.5 Å². The highest BCUT2D eigenvalue weighted by molar-refractivity contribution is 14.0. The van der Waals surface area contributed by atoms with Crippen molar-refractivity contribution in [3.8, 4) is 5.75 Å². The number of halogens is 1. The van der Waals surface area contributed by atoms with Gasteiger partial charge in [0.1, 0.15) is 5.75 Å². The average molecular weight is 509 g/mol. The van der Waals surface area contributed by atoms with E-state index in [-0.39, 0.29) is 24.0 Å². The number of nitrogens with zero attached hydrogens (tertiary/aromatic N) is 3. The maximum atomic E-state index is 5.31. The van der Waals surface area contributed by atoms with Crippen molar-refractivity contribution in [2.24, 2.45) is 4.99 Å². The van der Waals surface area contributed by atoms with E-state index in [9.17, 15) is 0 Å². The van der Waals surface area contributed by atoms with Crippen LogP contribution >= 0.6 is 24.0 Å². The summed E-state index contributed by atoms with van der Waals surface area (Å²) in [7, 11) is 3.50. The first-order chi connectivity index (χ1) is 13.7. The van der Waals surface area contributed by atoms with Gasteiger partial charge in [-0.25, -0.2) is 0 Å². The van der Waals surface area contributed by atoms with Gasteiger partial charge in [-0.1, -0.05) is 18.2 Å². The first kappa shape index (κ1) is 23.4. The van der Waals surface area contributed by atoms with Gasteiger partial charge >= 0.3 is 0 Å². The Morgan fingerprint density at radius 1 is 1.14 bits per heavy atom. The molecule has 0 saturated carbocycles. The van der Waals surface area contributed by atoms with Crippen molar-refractivity contribution in [2.75, 3.05) is 33.8 Å². The SMILES string of the molecule is CN=C(NCc1cccc(C)n1)NCC(c1ccc(OC)cc1)N1CCCC1.I. The Morgan fingerprint density at radius 3 is 2.48 bits per heavy atom. The number of methoxy groups -OCH3 is 1. The predicted molar refractivity (Wildman–Crippen MR) is 129 cm³/mol. The number of rotatable bonds is 7. The molecule has 2 N–H and O–H groups in total. The molecule has 6 nitrogen and oxygen atoms in total. The van der Waals surface area contributed by atoms with Crippen molar-refractivity contribution in [2.45, 2.75) is 32.4 Å². The van der Waals surface area contributed by atoms with Gasteiger partial charge in [0.2, 0.25) is 0 Å². The smallest absolute Gasteiger partial charge is 0.191 e. The van der Waals surface area contributed by atoms with E-state index in [1.807, 2.05) is 37.3 Å². The van der Waals surface area contributed by atoms with Gasteiger partial charge in [0, 0.05) is 19.3 Å². The molecule has 0 spiro atoms. The van der Waals surface area contributed by atoms with Crippen LogP contribution in [0.3, 0.4) is 0 Å². The highest BCUT2D eigenvalue weighted by atomic mass is 127. The fourth-order valence-corrected chi connectivity index (χ4v) is 3.62. The minimum atomic E-state index is 0. The molecule has 0 amide bonds. The summed E-state index contributed by atoms with van der Waals surface area (Å²) in [5, 5.41) is 6.86. The molecule has 158 valence electrons. The highest BCUT2D eigenvalue weighted by Gasteiger charge is 2.23. The molecule has 1 unspecified atom stereocenters.